The predicted molar refractivity (Wildman–Crippen MR) is 144 cm³/mol. The van der Waals surface area contributed by atoms with Crippen molar-refractivity contribution in [3.05, 3.63) is 114 Å². The van der Waals surface area contributed by atoms with E-state index in [4.69, 9.17) is 5.11 Å². The number of carbonyl (C=O) groups is 3. The average Bonchev–Trinajstić information content (AvgIpc) is 3.28. The average molecular weight is 513 g/mol. The van der Waals surface area contributed by atoms with E-state index >= 15 is 0 Å². The van der Waals surface area contributed by atoms with Gasteiger partial charge < -0.3 is 26.4 Å². The van der Waals surface area contributed by atoms with E-state index in [1.54, 1.807) is 11.7 Å². The van der Waals surface area contributed by atoms with Gasteiger partial charge in [0.25, 0.3) is 0 Å². The number of rotatable bonds is 9. The molecule has 0 atom stereocenters. The van der Waals surface area contributed by atoms with Crippen molar-refractivity contribution in [1.29, 1.82) is 0 Å². The fourth-order valence-corrected chi connectivity index (χ4v) is 4.24. The van der Waals surface area contributed by atoms with Crippen LogP contribution in [0.5, 0.6) is 0 Å². The summed E-state index contributed by atoms with van der Waals surface area (Å²) >= 11 is 0. The molecule has 0 radical (unpaired) electrons. The minimum Gasteiger partial charge on any atom is -0.465 e. The van der Waals surface area contributed by atoms with E-state index in [1.807, 2.05) is 91.0 Å². The third-order valence-corrected chi connectivity index (χ3v) is 6.01. The highest BCUT2D eigenvalue weighted by atomic mass is 16.4. The Labute approximate surface area is 219 Å². The lowest BCUT2D eigenvalue weighted by molar-refractivity contribution is -0.136. The van der Waals surface area contributed by atoms with Gasteiger partial charge in [0.15, 0.2) is 0 Å². The van der Waals surface area contributed by atoms with Crippen LogP contribution < -0.4 is 21.3 Å². The summed E-state index contributed by atoms with van der Waals surface area (Å²) in [7, 11) is 1.74. The summed E-state index contributed by atoms with van der Waals surface area (Å²) in [6, 6.07) is 29.8. The molecule has 38 heavy (non-hydrogen) atoms. The highest BCUT2D eigenvalue weighted by Gasteiger charge is 2.38. The van der Waals surface area contributed by atoms with Crippen molar-refractivity contribution in [3.8, 4) is 0 Å². The first-order valence-electron chi connectivity index (χ1n) is 11.9. The van der Waals surface area contributed by atoms with Crippen LogP contribution in [0.15, 0.2) is 97.2 Å². The zero-order chi connectivity index (χ0) is 27.0. The Bertz CT molecular complexity index is 1290. The molecular formula is C28H28N6O4. The summed E-state index contributed by atoms with van der Waals surface area (Å²) in [6.45, 7) is -0.0579. The largest absolute Gasteiger partial charge is 0.465 e. The molecular weight excluding hydrogens is 484 g/mol. The van der Waals surface area contributed by atoms with Crippen LogP contribution in [0.1, 0.15) is 16.7 Å². The highest BCUT2D eigenvalue weighted by molar-refractivity contribution is 6.39. The zero-order valence-electron chi connectivity index (χ0n) is 20.7. The Kier molecular flexibility index (Phi) is 8.02. The fourth-order valence-electron chi connectivity index (χ4n) is 4.24. The maximum Gasteiger partial charge on any atom is 0.404 e. The second-order valence-corrected chi connectivity index (χ2v) is 8.45. The van der Waals surface area contributed by atoms with E-state index in [2.05, 4.69) is 26.4 Å². The molecule has 10 nitrogen and oxygen atoms in total. The van der Waals surface area contributed by atoms with Crippen molar-refractivity contribution in [3.63, 3.8) is 0 Å². The molecule has 0 unspecified atom stereocenters. The lowest BCUT2D eigenvalue weighted by Gasteiger charge is -2.38. The molecule has 5 N–H and O–H groups in total. The van der Waals surface area contributed by atoms with Gasteiger partial charge in [-0.1, -0.05) is 91.0 Å². The van der Waals surface area contributed by atoms with Gasteiger partial charge in [-0.3, -0.25) is 14.3 Å². The molecule has 1 aromatic heterocycles. The molecule has 3 aromatic carbocycles. The number of benzene rings is 3. The Morgan fingerprint density at radius 1 is 0.763 bits per heavy atom. The van der Waals surface area contributed by atoms with E-state index in [9.17, 15) is 14.4 Å². The second-order valence-electron chi connectivity index (χ2n) is 8.45. The third kappa shape index (κ3) is 5.65. The minimum absolute atomic E-state index is 0.0260. The standard InChI is InChI=1S/C28H28N6O4/c1-34-24(23(19-31-34)32-26(36)25(35)29-17-18-30-27(37)38)33-28(20-11-5-2-6-12-20,21-13-7-3-8-14-21)22-15-9-4-10-16-22/h2-16,19,30,33H,17-18H2,1H3,(H,29,35)(H,32,36)(H,37,38). The highest BCUT2D eigenvalue weighted by Crippen LogP contribution is 2.41. The molecule has 0 aliphatic rings. The van der Waals surface area contributed by atoms with Crippen LogP contribution in [-0.2, 0) is 22.2 Å². The van der Waals surface area contributed by atoms with Gasteiger partial charge in [0, 0.05) is 20.1 Å². The molecule has 0 bridgehead atoms. The molecule has 0 saturated carbocycles. The molecule has 3 amide bonds. The van der Waals surface area contributed by atoms with Crippen LogP contribution in [0.25, 0.3) is 0 Å². The molecule has 1 heterocycles. The van der Waals surface area contributed by atoms with E-state index in [0.29, 0.717) is 11.5 Å². The van der Waals surface area contributed by atoms with Crippen LogP contribution in [0.2, 0.25) is 0 Å². The van der Waals surface area contributed by atoms with Crippen LogP contribution in [-0.4, -0.2) is 45.9 Å². The summed E-state index contributed by atoms with van der Waals surface area (Å²) in [5.41, 5.74) is 2.31. The molecule has 4 aromatic rings. The van der Waals surface area contributed by atoms with Crippen molar-refractivity contribution >= 4 is 29.4 Å². The van der Waals surface area contributed by atoms with Gasteiger partial charge in [-0.2, -0.15) is 5.10 Å². The van der Waals surface area contributed by atoms with Crippen molar-refractivity contribution in [2.24, 2.45) is 7.05 Å². The Morgan fingerprint density at radius 3 is 1.71 bits per heavy atom. The van der Waals surface area contributed by atoms with E-state index in [-0.39, 0.29) is 13.1 Å². The quantitative estimate of drug-likeness (QED) is 0.133. The topological polar surface area (TPSA) is 137 Å². The second kappa shape index (κ2) is 11.7. The number of carbonyl (C=O) groups excluding carboxylic acids is 2. The fraction of sp³-hybridized carbons (Fsp3) is 0.143. The number of aromatic nitrogens is 2. The Morgan fingerprint density at radius 2 is 1.24 bits per heavy atom. The van der Waals surface area contributed by atoms with Gasteiger partial charge in [0.05, 0.1) is 6.20 Å². The summed E-state index contributed by atoms with van der Waals surface area (Å²) in [4.78, 5) is 35.5. The molecule has 4 rings (SSSR count). The van der Waals surface area contributed by atoms with E-state index < -0.39 is 23.4 Å². The number of aryl methyl sites for hydroxylation is 1. The Hall–Kier alpha value is -5.12. The molecule has 0 fully saturated rings. The zero-order valence-corrected chi connectivity index (χ0v) is 20.7. The van der Waals surface area contributed by atoms with Crippen LogP contribution in [0, 0.1) is 0 Å². The van der Waals surface area contributed by atoms with Crippen molar-refractivity contribution in [1.82, 2.24) is 20.4 Å². The number of anilines is 2. The summed E-state index contributed by atoms with van der Waals surface area (Å²) in [5.74, 6) is -1.32. The predicted octanol–water partition coefficient (Wildman–Crippen LogP) is 3.15. The first-order chi connectivity index (χ1) is 18.4. The van der Waals surface area contributed by atoms with Crippen LogP contribution in [0.3, 0.4) is 0 Å². The number of nitrogens with one attached hydrogen (secondary N) is 4. The number of hydrogen-bond donors (Lipinski definition) is 5. The summed E-state index contributed by atoms with van der Waals surface area (Å²) < 4.78 is 1.59. The summed E-state index contributed by atoms with van der Waals surface area (Å²) in [6.07, 6.45) is 0.249. The smallest absolute Gasteiger partial charge is 0.404 e. The molecule has 0 saturated heterocycles. The monoisotopic (exact) mass is 512 g/mol. The van der Waals surface area contributed by atoms with Crippen LogP contribution in [0.4, 0.5) is 16.3 Å². The first-order valence-corrected chi connectivity index (χ1v) is 11.9. The third-order valence-electron chi connectivity index (χ3n) is 6.01. The van der Waals surface area contributed by atoms with Gasteiger partial charge in [0.1, 0.15) is 17.0 Å². The van der Waals surface area contributed by atoms with Gasteiger partial charge >= 0.3 is 17.9 Å². The number of amides is 3. The lowest BCUT2D eigenvalue weighted by atomic mass is 9.77. The van der Waals surface area contributed by atoms with Gasteiger partial charge in [0.2, 0.25) is 0 Å². The maximum absolute atomic E-state index is 12.7. The van der Waals surface area contributed by atoms with Gasteiger partial charge in [-0.25, -0.2) is 4.79 Å². The first kappa shape index (κ1) is 26.0. The number of carboxylic acid groups (broad SMARTS) is 1. The van der Waals surface area contributed by atoms with Crippen LogP contribution >= 0.6 is 0 Å². The molecule has 0 spiro atoms. The number of nitrogens with zero attached hydrogens (tertiary/aromatic N) is 2. The normalized spacial score (nSPS) is 10.9. The number of hydrogen-bond acceptors (Lipinski definition) is 5. The maximum atomic E-state index is 12.7. The van der Waals surface area contributed by atoms with Crippen molar-refractivity contribution in [2.75, 3.05) is 23.7 Å². The van der Waals surface area contributed by atoms with E-state index in [0.717, 1.165) is 16.7 Å². The van der Waals surface area contributed by atoms with Crippen molar-refractivity contribution < 1.29 is 19.5 Å². The molecule has 0 aliphatic heterocycles. The van der Waals surface area contributed by atoms with Gasteiger partial charge in [-0.15, -0.1) is 0 Å². The Balaban J connectivity index is 1.71. The van der Waals surface area contributed by atoms with E-state index in [1.165, 1.54) is 6.20 Å². The van der Waals surface area contributed by atoms with Crippen molar-refractivity contribution in [2.45, 2.75) is 5.54 Å². The SMILES string of the molecule is Cn1ncc(NC(=O)C(=O)NCCNC(=O)O)c1NC(c1ccccc1)(c1ccccc1)c1ccccc1. The lowest BCUT2D eigenvalue weighted by Crippen LogP contribution is -2.40. The minimum atomic E-state index is -1.21. The summed E-state index contributed by atoms with van der Waals surface area (Å²) in [5, 5.41) is 23.7. The molecule has 0 aliphatic carbocycles. The molecule has 10 heteroatoms. The molecule has 194 valence electrons. The van der Waals surface area contributed by atoms with Gasteiger partial charge in [-0.05, 0) is 16.7 Å².